The lowest BCUT2D eigenvalue weighted by atomic mass is 10.1. The fourth-order valence-corrected chi connectivity index (χ4v) is 2.73. The first-order valence-corrected chi connectivity index (χ1v) is 9.68. The van der Waals surface area contributed by atoms with Gasteiger partial charge in [-0.15, -0.1) is 0 Å². The van der Waals surface area contributed by atoms with Crippen molar-refractivity contribution in [2.45, 2.75) is 20.8 Å². The lowest BCUT2D eigenvalue weighted by Gasteiger charge is -2.18. The molecule has 148 valence electrons. The second-order valence-electron chi connectivity index (χ2n) is 6.57. The number of nitrogens with one attached hydrogen (secondary N) is 2. The van der Waals surface area contributed by atoms with E-state index in [0.29, 0.717) is 12.1 Å². The summed E-state index contributed by atoms with van der Waals surface area (Å²) in [6.45, 7) is 9.34. The first-order chi connectivity index (χ1) is 13.5. The molecule has 0 saturated heterocycles. The quantitative estimate of drug-likeness (QED) is 0.658. The molecule has 2 amide bonds. The molecule has 0 aromatic heterocycles. The van der Waals surface area contributed by atoms with Crippen molar-refractivity contribution in [1.29, 1.82) is 0 Å². The van der Waals surface area contributed by atoms with Gasteiger partial charge in [0.1, 0.15) is 5.70 Å². The smallest absolute Gasteiger partial charge is 0.267 e. The van der Waals surface area contributed by atoms with Crippen molar-refractivity contribution in [1.82, 2.24) is 15.5 Å². The minimum atomic E-state index is -0.308. The van der Waals surface area contributed by atoms with Gasteiger partial charge in [0.2, 0.25) is 0 Å². The largest absolute Gasteiger partial charge is 0.349 e. The van der Waals surface area contributed by atoms with Crippen molar-refractivity contribution < 1.29 is 9.59 Å². The second-order valence-corrected chi connectivity index (χ2v) is 6.57. The first kappa shape index (κ1) is 21.4. The molecule has 0 bridgehead atoms. The van der Waals surface area contributed by atoms with Gasteiger partial charge in [0.25, 0.3) is 11.8 Å². The van der Waals surface area contributed by atoms with Crippen LogP contribution in [-0.2, 0) is 4.79 Å². The van der Waals surface area contributed by atoms with Crippen LogP contribution in [0.3, 0.4) is 0 Å². The summed E-state index contributed by atoms with van der Waals surface area (Å²) in [4.78, 5) is 27.5. The molecule has 2 aromatic carbocycles. The fourth-order valence-electron chi connectivity index (χ4n) is 2.73. The van der Waals surface area contributed by atoms with Gasteiger partial charge in [-0.2, -0.15) is 0 Å². The van der Waals surface area contributed by atoms with E-state index in [1.54, 1.807) is 30.3 Å². The van der Waals surface area contributed by atoms with E-state index < -0.39 is 0 Å². The number of hydrogen-bond donors (Lipinski definition) is 2. The van der Waals surface area contributed by atoms with Gasteiger partial charge in [-0.05, 0) is 43.8 Å². The molecule has 0 aliphatic rings. The van der Waals surface area contributed by atoms with Crippen molar-refractivity contribution in [3.8, 4) is 0 Å². The molecule has 0 fully saturated rings. The molecule has 28 heavy (non-hydrogen) atoms. The maximum Gasteiger partial charge on any atom is 0.267 e. The van der Waals surface area contributed by atoms with Gasteiger partial charge in [0.05, 0.1) is 0 Å². The molecule has 2 rings (SSSR count). The molecule has 0 unspecified atom stereocenters. The third kappa shape index (κ3) is 6.67. The van der Waals surface area contributed by atoms with Crippen LogP contribution in [0.25, 0.3) is 6.08 Å². The number of hydrogen-bond acceptors (Lipinski definition) is 3. The maximum atomic E-state index is 12.7. The summed E-state index contributed by atoms with van der Waals surface area (Å²) in [6.07, 6.45) is 1.70. The minimum Gasteiger partial charge on any atom is -0.349 e. The number of carbonyl (C=O) groups is 2. The lowest BCUT2D eigenvalue weighted by molar-refractivity contribution is -0.117. The Hall–Kier alpha value is -2.92. The number of likely N-dealkylation sites (N-methyl/N-ethyl adjacent to an activating group) is 1. The minimum absolute atomic E-state index is 0.234. The molecule has 2 N–H and O–H groups in total. The van der Waals surface area contributed by atoms with Gasteiger partial charge >= 0.3 is 0 Å². The summed E-state index contributed by atoms with van der Waals surface area (Å²) < 4.78 is 0. The Morgan fingerprint density at radius 3 is 2.21 bits per heavy atom. The highest BCUT2D eigenvalue weighted by molar-refractivity contribution is 6.05. The Morgan fingerprint density at radius 2 is 1.61 bits per heavy atom. The standard InChI is InChI=1S/C23H29N3O2/c1-4-26(5-2)16-15-24-23(28)21(17-19-13-11-18(3)12-14-19)25-22(27)20-9-7-6-8-10-20/h6-14,17H,4-5,15-16H2,1-3H3,(H,24,28)(H,25,27)/b21-17+. The molecule has 5 heteroatoms. The summed E-state index contributed by atoms with van der Waals surface area (Å²) >= 11 is 0. The van der Waals surface area contributed by atoms with Crippen LogP contribution in [0.4, 0.5) is 0 Å². The van der Waals surface area contributed by atoms with Gasteiger partial charge in [0, 0.05) is 18.7 Å². The van der Waals surface area contributed by atoms with Crippen LogP contribution in [0.1, 0.15) is 35.3 Å². The fraction of sp³-hybridized carbons (Fsp3) is 0.304. The summed E-state index contributed by atoms with van der Waals surface area (Å²) in [7, 11) is 0. The summed E-state index contributed by atoms with van der Waals surface area (Å²) in [5, 5.41) is 5.67. The highest BCUT2D eigenvalue weighted by Gasteiger charge is 2.14. The van der Waals surface area contributed by atoms with Crippen LogP contribution in [0.2, 0.25) is 0 Å². The normalized spacial score (nSPS) is 11.4. The topological polar surface area (TPSA) is 61.4 Å². The number of benzene rings is 2. The van der Waals surface area contributed by atoms with Gasteiger partial charge in [-0.1, -0.05) is 61.9 Å². The van der Waals surface area contributed by atoms with E-state index in [-0.39, 0.29) is 17.5 Å². The summed E-state index contributed by atoms with van der Waals surface area (Å²) in [5.41, 5.74) is 2.73. The Balaban J connectivity index is 2.14. The average molecular weight is 380 g/mol. The predicted molar refractivity (Wildman–Crippen MR) is 114 cm³/mol. The Bertz CT molecular complexity index is 794. The Morgan fingerprint density at radius 1 is 0.964 bits per heavy atom. The third-order valence-corrected chi connectivity index (χ3v) is 4.53. The lowest BCUT2D eigenvalue weighted by Crippen LogP contribution is -2.39. The van der Waals surface area contributed by atoms with E-state index in [4.69, 9.17) is 0 Å². The maximum absolute atomic E-state index is 12.7. The van der Waals surface area contributed by atoms with Gasteiger partial charge < -0.3 is 15.5 Å². The van der Waals surface area contributed by atoms with E-state index in [2.05, 4.69) is 29.4 Å². The SMILES string of the molecule is CCN(CC)CCNC(=O)/C(=C\c1ccc(C)cc1)NC(=O)c1ccccc1. The predicted octanol–water partition coefficient (Wildman–Crippen LogP) is 3.22. The number of amides is 2. The Kier molecular flexibility index (Phi) is 8.43. The summed E-state index contributed by atoms with van der Waals surface area (Å²) in [5.74, 6) is -0.602. The van der Waals surface area contributed by atoms with Crippen molar-refractivity contribution >= 4 is 17.9 Å². The molecule has 5 nitrogen and oxygen atoms in total. The molecule has 0 radical (unpaired) electrons. The zero-order valence-corrected chi connectivity index (χ0v) is 16.9. The molecule has 0 heterocycles. The van der Waals surface area contributed by atoms with Crippen LogP contribution >= 0.6 is 0 Å². The molecule has 0 atom stereocenters. The molecular weight excluding hydrogens is 350 g/mol. The number of carbonyl (C=O) groups excluding carboxylic acids is 2. The molecule has 0 saturated carbocycles. The van der Waals surface area contributed by atoms with E-state index in [1.807, 2.05) is 37.3 Å². The Labute approximate surface area is 167 Å². The van der Waals surface area contributed by atoms with E-state index in [9.17, 15) is 9.59 Å². The van der Waals surface area contributed by atoms with Gasteiger partial charge in [0.15, 0.2) is 0 Å². The van der Waals surface area contributed by atoms with Gasteiger partial charge in [-0.25, -0.2) is 0 Å². The van der Waals surface area contributed by atoms with Crippen molar-refractivity contribution in [2.75, 3.05) is 26.2 Å². The molecule has 0 spiro atoms. The van der Waals surface area contributed by atoms with Crippen LogP contribution in [-0.4, -0.2) is 42.9 Å². The van der Waals surface area contributed by atoms with E-state index in [0.717, 1.165) is 30.8 Å². The van der Waals surface area contributed by atoms with Crippen molar-refractivity contribution in [3.63, 3.8) is 0 Å². The van der Waals surface area contributed by atoms with Crippen molar-refractivity contribution in [3.05, 3.63) is 77.0 Å². The van der Waals surface area contributed by atoms with Crippen LogP contribution in [0.5, 0.6) is 0 Å². The number of nitrogens with zero attached hydrogens (tertiary/aromatic N) is 1. The first-order valence-electron chi connectivity index (χ1n) is 9.68. The van der Waals surface area contributed by atoms with Crippen LogP contribution < -0.4 is 10.6 Å². The average Bonchev–Trinajstić information content (AvgIpc) is 2.72. The zero-order chi connectivity index (χ0) is 20.4. The molecule has 0 aliphatic heterocycles. The second kappa shape index (κ2) is 11.0. The zero-order valence-electron chi connectivity index (χ0n) is 16.9. The highest BCUT2D eigenvalue weighted by Crippen LogP contribution is 2.09. The monoisotopic (exact) mass is 379 g/mol. The highest BCUT2D eigenvalue weighted by atomic mass is 16.2. The molecule has 0 aliphatic carbocycles. The van der Waals surface area contributed by atoms with Gasteiger partial charge in [-0.3, -0.25) is 9.59 Å². The summed E-state index contributed by atoms with van der Waals surface area (Å²) in [6, 6.07) is 16.7. The van der Waals surface area contributed by atoms with Crippen LogP contribution in [0, 0.1) is 6.92 Å². The number of rotatable bonds is 9. The van der Waals surface area contributed by atoms with Crippen molar-refractivity contribution in [2.24, 2.45) is 0 Å². The molecule has 2 aromatic rings. The van der Waals surface area contributed by atoms with E-state index >= 15 is 0 Å². The van der Waals surface area contributed by atoms with Crippen LogP contribution in [0.15, 0.2) is 60.3 Å². The number of aryl methyl sites for hydroxylation is 1. The molecular formula is C23H29N3O2. The van der Waals surface area contributed by atoms with E-state index in [1.165, 1.54) is 0 Å². The third-order valence-electron chi connectivity index (χ3n) is 4.53.